The van der Waals surface area contributed by atoms with Crippen LogP contribution in [0.2, 0.25) is 0 Å². The lowest BCUT2D eigenvalue weighted by Gasteiger charge is -2.19. The van der Waals surface area contributed by atoms with Crippen LogP contribution < -0.4 is 16.0 Å². The van der Waals surface area contributed by atoms with Crippen LogP contribution in [0.4, 0.5) is 5.69 Å². The molecule has 0 fully saturated rings. The monoisotopic (exact) mass is 445 g/mol. The number of hydrogen-bond donors (Lipinski definition) is 3. The van der Waals surface area contributed by atoms with Gasteiger partial charge in [-0.15, -0.1) is 0 Å². The third-order valence-electron chi connectivity index (χ3n) is 3.85. The van der Waals surface area contributed by atoms with Gasteiger partial charge >= 0.3 is 0 Å². The highest BCUT2D eigenvalue weighted by molar-refractivity contribution is 9.10. The maximum atomic E-state index is 12.7. The molecule has 0 saturated heterocycles. The van der Waals surface area contributed by atoms with E-state index in [9.17, 15) is 14.4 Å². The predicted octanol–water partition coefficient (Wildman–Crippen LogP) is 3.41. The van der Waals surface area contributed by atoms with Crippen LogP contribution in [0.1, 0.15) is 31.9 Å². The Morgan fingerprint density at radius 1 is 0.929 bits per heavy atom. The number of carbonyl (C=O) groups excluding carboxylic acids is 3. The van der Waals surface area contributed by atoms with Crippen LogP contribution >= 0.6 is 15.9 Å². The van der Waals surface area contributed by atoms with E-state index in [0.717, 1.165) is 4.47 Å². The zero-order valence-electron chi connectivity index (χ0n) is 15.9. The Morgan fingerprint density at radius 2 is 1.57 bits per heavy atom. The van der Waals surface area contributed by atoms with E-state index in [4.69, 9.17) is 0 Å². The minimum atomic E-state index is -0.854. The highest BCUT2D eigenvalue weighted by atomic mass is 79.9. The minimum absolute atomic E-state index is 0.177. The van der Waals surface area contributed by atoms with Crippen LogP contribution in [0.3, 0.4) is 0 Å². The molecule has 0 aliphatic carbocycles. The summed E-state index contributed by atoms with van der Waals surface area (Å²) in [6.07, 6.45) is 0.320. The lowest BCUT2D eigenvalue weighted by Crippen LogP contribution is -2.43. The maximum Gasteiger partial charge on any atom is 0.247 e. The second kappa shape index (κ2) is 10.6. The van der Waals surface area contributed by atoms with E-state index < -0.39 is 11.9 Å². The Balaban J connectivity index is 1.98. The van der Waals surface area contributed by atoms with Crippen LogP contribution in [-0.2, 0) is 14.4 Å². The Bertz CT molecular complexity index is 807. The average Bonchev–Trinajstić information content (AvgIpc) is 2.66. The van der Waals surface area contributed by atoms with Gasteiger partial charge in [0.15, 0.2) is 0 Å². The van der Waals surface area contributed by atoms with Gasteiger partial charge in [0.1, 0.15) is 6.04 Å². The molecule has 28 heavy (non-hydrogen) atoms. The molecule has 0 spiro atoms. The number of carbonyl (C=O) groups is 3. The van der Waals surface area contributed by atoms with Crippen molar-refractivity contribution in [2.45, 2.75) is 26.3 Å². The van der Waals surface area contributed by atoms with Crippen molar-refractivity contribution in [3.05, 3.63) is 64.6 Å². The van der Waals surface area contributed by atoms with E-state index in [-0.39, 0.29) is 24.3 Å². The number of hydrogen-bond acceptors (Lipinski definition) is 3. The lowest BCUT2D eigenvalue weighted by molar-refractivity contribution is -0.130. The van der Waals surface area contributed by atoms with Gasteiger partial charge in [0.25, 0.3) is 0 Å². The van der Waals surface area contributed by atoms with Gasteiger partial charge in [0, 0.05) is 16.6 Å². The molecule has 1 unspecified atom stereocenters. The average molecular weight is 446 g/mol. The second-order valence-electron chi connectivity index (χ2n) is 6.78. The third-order valence-corrected chi connectivity index (χ3v) is 4.37. The first-order valence-corrected chi connectivity index (χ1v) is 9.82. The highest BCUT2D eigenvalue weighted by Gasteiger charge is 2.23. The molecule has 6 nitrogen and oxygen atoms in total. The van der Waals surface area contributed by atoms with Gasteiger partial charge in [0.05, 0.1) is 6.54 Å². The van der Waals surface area contributed by atoms with Crippen molar-refractivity contribution in [3.63, 3.8) is 0 Å². The Hall–Kier alpha value is -2.67. The van der Waals surface area contributed by atoms with Gasteiger partial charge in [0.2, 0.25) is 17.7 Å². The summed E-state index contributed by atoms with van der Waals surface area (Å²) in [7, 11) is 0. The molecule has 2 aromatic carbocycles. The van der Waals surface area contributed by atoms with Gasteiger partial charge in [-0.25, -0.2) is 0 Å². The van der Waals surface area contributed by atoms with Crippen molar-refractivity contribution >= 4 is 39.3 Å². The molecule has 0 saturated carbocycles. The largest absolute Gasteiger partial charge is 0.345 e. The van der Waals surface area contributed by atoms with Crippen molar-refractivity contribution in [1.29, 1.82) is 0 Å². The number of nitrogens with one attached hydrogen (secondary N) is 3. The summed E-state index contributed by atoms with van der Waals surface area (Å²) in [6.45, 7) is 3.67. The summed E-state index contributed by atoms with van der Waals surface area (Å²) in [5.74, 6) is -0.820. The molecule has 0 aliphatic heterocycles. The lowest BCUT2D eigenvalue weighted by atomic mass is 10.0. The maximum absolute atomic E-state index is 12.7. The molecule has 148 valence electrons. The summed E-state index contributed by atoms with van der Waals surface area (Å²) in [5.41, 5.74) is 1.29. The minimum Gasteiger partial charge on any atom is -0.345 e. The molecule has 3 amide bonds. The van der Waals surface area contributed by atoms with E-state index in [1.165, 1.54) is 0 Å². The fourth-order valence-corrected chi connectivity index (χ4v) is 2.81. The summed E-state index contributed by atoms with van der Waals surface area (Å²) < 4.78 is 0.904. The zero-order chi connectivity index (χ0) is 20.5. The summed E-state index contributed by atoms with van der Waals surface area (Å²) in [4.78, 5) is 36.9. The van der Waals surface area contributed by atoms with Crippen LogP contribution in [0.15, 0.2) is 59.1 Å². The van der Waals surface area contributed by atoms with Crippen molar-refractivity contribution in [2.75, 3.05) is 11.9 Å². The standard InChI is InChI=1S/C21H24BrN3O3/c1-14(2)12-18(26)25-20(15-6-4-3-5-7-15)21(28)23-13-19(27)24-17-10-8-16(22)9-11-17/h3-11,14,20H,12-13H2,1-2H3,(H,23,28)(H,24,27)(H,25,26). The molecule has 0 heterocycles. The van der Waals surface area contributed by atoms with E-state index in [1.54, 1.807) is 36.4 Å². The van der Waals surface area contributed by atoms with Crippen LogP contribution in [-0.4, -0.2) is 24.3 Å². The topological polar surface area (TPSA) is 87.3 Å². The zero-order valence-corrected chi connectivity index (χ0v) is 17.5. The van der Waals surface area contributed by atoms with Crippen molar-refractivity contribution < 1.29 is 14.4 Å². The molecule has 2 rings (SSSR count). The Labute approximate surface area is 173 Å². The van der Waals surface area contributed by atoms with Crippen LogP contribution in [0, 0.1) is 5.92 Å². The molecule has 7 heteroatoms. The molecule has 1 atom stereocenters. The van der Waals surface area contributed by atoms with E-state index in [2.05, 4.69) is 31.9 Å². The number of amides is 3. The molecule has 0 aliphatic rings. The van der Waals surface area contributed by atoms with Crippen molar-refractivity contribution in [1.82, 2.24) is 10.6 Å². The number of benzene rings is 2. The van der Waals surface area contributed by atoms with Gasteiger partial charge in [-0.1, -0.05) is 60.1 Å². The fraction of sp³-hybridized carbons (Fsp3) is 0.286. The summed E-state index contributed by atoms with van der Waals surface area (Å²) in [5, 5.41) is 8.06. The van der Waals surface area contributed by atoms with Crippen molar-refractivity contribution in [3.8, 4) is 0 Å². The van der Waals surface area contributed by atoms with E-state index in [1.807, 2.05) is 32.0 Å². The number of rotatable bonds is 8. The first-order chi connectivity index (χ1) is 13.3. The number of anilines is 1. The predicted molar refractivity (Wildman–Crippen MR) is 113 cm³/mol. The summed E-state index contributed by atoms with van der Waals surface area (Å²) >= 11 is 3.33. The normalized spacial score (nSPS) is 11.6. The van der Waals surface area contributed by atoms with Gasteiger partial charge in [-0.2, -0.15) is 0 Å². The number of halogens is 1. The smallest absolute Gasteiger partial charge is 0.247 e. The first-order valence-electron chi connectivity index (χ1n) is 9.02. The Morgan fingerprint density at radius 3 is 2.18 bits per heavy atom. The third kappa shape index (κ3) is 7.15. The first kappa shape index (κ1) is 21.6. The van der Waals surface area contributed by atoms with Crippen LogP contribution in [0.5, 0.6) is 0 Å². The molecular formula is C21H24BrN3O3. The molecular weight excluding hydrogens is 422 g/mol. The van der Waals surface area contributed by atoms with E-state index >= 15 is 0 Å². The van der Waals surface area contributed by atoms with Gasteiger partial charge in [-0.05, 0) is 35.7 Å². The highest BCUT2D eigenvalue weighted by Crippen LogP contribution is 2.15. The Kier molecular flexibility index (Phi) is 8.19. The SMILES string of the molecule is CC(C)CC(=O)NC(C(=O)NCC(=O)Nc1ccc(Br)cc1)c1ccccc1. The van der Waals surface area contributed by atoms with Gasteiger partial charge < -0.3 is 16.0 Å². The second-order valence-corrected chi connectivity index (χ2v) is 7.70. The van der Waals surface area contributed by atoms with Gasteiger partial charge in [-0.3, -0.25) is 14.4 Å². The van der Waals surface area contributed by atoms with Crippen molar-refractivity contribution in [2.24, 2.45) is 5.92 Å². The van der Waals surface area contributed by atoms with E-state index in [0.29, 0.717) is 17.7 Å². The molecule has 0 aromatic heterocycles. The van der Waals surface area contributed by atoms with Crippen LogP contribution in [0.25, 0.3) is 0 Å². The summed E-state index contributed by atoms with van der Waals surface area (Å²) in [6, 6.07) is 15.2. The molecule has 0 bridgehead atoms. The molecule has 2 aromatic rings. The molecule has 3 N–H and O–H groups in total. The fourth-order valence-electron chi connectivity index (χ4n) is 2.54. The quantitative estimate of drug-likeness (QED) is 0.581. The molecule has 0 radical (unpaired) electrons.